The Balaban J connectivity index is 1.63. The van der Waals surface area contributed by atoms with Gasteiger partial charge in [0, 0.05) is 37.3 Å². The molecule has 1 heterocycles. The number of rotatable bonds is 10. The summed E-state index contributed by atoms with van der Waals surface area (Å²) >= 11 is 0. The van der Waals surface area contributed by atoms with Crippen LogP contribution in [0.25, 0.3) is 0 Å². The Morgan fingerprint density at radius 3 is 2.46 bits per heavy atom. The zero-order chi connectivity index (χ0) is 20.3. The number of benzene rings is 1. The van der Waals surface area contributed by atoms with E-state index in [0.717, 1.165) is 35.6 Å². The van der Waals surface area contributed by atoms with Gasteiger partial charge in [-0.05, 0) is 55.4 Å². The van der Waals surface area contributed by atoms with E-state index in [-0.39, 0.29) is 5.78 Å². The van der Waals surface area contributed by atoms with Crippen LogP contribution < -0.4 is 5.73 Å². The summed E-state index contributed by atoms with van der Waals surface area (Å²) in [5.41, 5.74) is 7.65. The summed E-state index contributed by atoms with van der Waals surface area (Å²) in [6.07, 6.45) is 5.73. The highest BCUT2D eigenvalue weighted by molar-refractivity contribution is 5.93. The summed E-state index contributed by atoms with van der Waals surface area (Å²) < 4.78 is 2.27. The predicted octanol–water partition coefficient (Wildman–Crippen LogP) is 3.35. The van der Waals surface area contributed by atoms with Gasteiger partial charge in [0.2, 0.25) is 5.91 Å². The molecule has 1 fully saturated rings. The Labute approximate surface area is 166 Å². The number of aromatic nitrogens is 3. The molecular formula is C22H30N4O2. The van der Waals surface area contributed by atoms with E-state index in [1.807, 2.05) is 13.0 Å². The molecule has 0 saturated heterocycles. The van der Waals surface area contributed by atoms with E-state index >= 15 is 0 Å². The number of carbonyl (C=O) groups is 2. The van der Waals surface area contributed by atoms with Crippen LogP contribution in [0.1, 0.15) is 78.7 Å². The zero-order valence-corrected chi connectivity index (χ0v) is 17.1. The number of carbonyl (C=O) groups excluding carboxylic acids is 2. The van der Waals surface area contributed by atoms with E-state index in [4.69, 9.17) is 5.73 Å². The molecule has 0 spiro atoms. The highest BCUT2D eigenvalue weighted by Crippen LogP contribution is 2.37. The van der Waals surface area contributed by atoms with E-state index in [0.29, 0.717) is 36.8 Å². The molecule has 28 heavy (non-hydrogen) atoms. The molecule has 1 aliphatic carbocycles. The molecule has 0 atom stereocenters. The van der Waals surface area contributed by atoms with Crippen LogP contribution in [-0.4, -0.2) is 26.5 Å². The Morgan fingerprint density at radius 2 is 1.86 bits per heavy atom. The summed E-state index contributed by atoms with van der Waals surface area (Å²) in [6, 6.07) is 5.78. The van der Waals surface area contributed by atoms with Gasteiger partial charge < -0.3 is 10.3 Å². The van der Waals surface area contributed by atoms with Crippen LogP contribution in [0.5, 0.6) is 0 Å². The molecule has 6 heteroatoms. The van der Waals surface area contributed by atoms with Crippen molar-refractivity contribution in [3.8, 4) is 0 Å². The normalized spacial score (nSPS) is 13.9. The van der Waals surface area contributed by atoms with Gasteiger partial charge in [-0.15, -0.1) is 10.2 Å². The van der Waals surface area contributed by atoms with Crippen LogP contribution in [0.3, 0.4) is 0 Å². The molecule has 150 valence electrons. The van der Waals surface area contributed by atoms with E-state index in [2.05, 4.69) is 28.6 Å². The number of amides is 1. The number of hydrogen-bond acceptors (Lipinski definition) is 4. The maximum absolute atomic E-state index is 12.6. The SMILES string of the molecule is Cc1ccc(C(N)=O)cc1CC(=O)CCc1nnc(CCC(C)C)n1C1CC1. The number of nitrogens with zero attached hydrogens (tertiary/aromatic N) is 3. The first-order chi connectivity index (χ1) is 13.3. The van der Waals surface area contributed by atoms with Gasteiger partial charge in [0.05, 0.1) is 0 Å². The van der Waals surface area contributed by atoms with Crippen LogP contribution in [-0.2, 0) is 24.1 Å². The largest absolute Gasteiger partial charge is 0.366 e. The fraction of sp³-hybridized carbons (Fsp3) is 0.545. The van der Waals surface area contributed by atoms with Gasteiger partial charge in [0.25, 0.3) is 0 Å². The minimum Gasteiger partial charge on any atom is -0.366 e. The standard InChI is InChI=1S/C22H30N4O2/c1-14(2)4-10-20-24-25-21(26(20)18-7-8-18)11-9-19(27)13-17-12-16(22(23)28)6-5-15(17)3/h5-6,12,14,18H,4,7-11,13H2,1-3H3,(H2,23,28). The molecular weight excluding hydrogens is 352 g/mol. The summed E-state index contributed by atoms with van der Waals surface area (Å²) in [6.45, 7) is 6.37. The average Bonchev–Trinajstić information content (AvgIpc) is 3.40. The lowest BCUT2D eigenvalue weighted by Gasteiger charge is -2.10. The minimum absolute atomic E-state index is 0.138. The first-order valence-corrected chi connectivity index (χ1v) is 10.2. The van der Waals surface area contributed by atoms with Crippen LogP contribution in [0.15, 0.2) is 18.2 Å². The average molecular weight is 383 g/mol. The molecule has 0 unspecified atom stereocenters. The predicted molar refractivity (Wildman–Crippen MR) is 108 cm³/mol. The molecule has 1 aromatic heterocycles. The van der Waals surface area contributed by atoms with E-state index in [1.165, 1.54) is 12.8 Å². The van der Waals surface area contributed by atoms with Crippen molar-refractivity contribution in [2.24, 2.45) is 11.7 Å². The van der Waals surface area contributed by atoms with Gasteiger partial charge in [-0.25, -0.2) is 0 Å². The summed E-state index contributed by atoms with van der Waals surface area (Å²) in [5.74, 6) is 2.29. The highest BCUT2D eigenvalue weighted by atomic mass is 16.1. The lowest BCUT2D eigenvalue weighted by molar-refractivity contribution is -0.118. The Morgan fingerprint density at radius 1 is 1.18 bits per heavy atom. The molecule has 2 aromatic rings. The van der Waals surface area contributed by atoms with E-state index in [9.17, 15) is 9.59 Å². The van der Waals surface area contributed by atoms with Crippen molar-refractivity contribution < 1.29 is 9.59 Å². The fourth-order valence-corrected chi connectivity index (χ4v) is 3.44. The third kappa shape index (κ3) is 5.06. The summed E-state index contributed by atoms with van der Waals surface area (Å²) in [5, 5.41) is 8.80. The number of aryl methyl sites for hydroxylation is 3. The van der Waals surface area contributed by atoms with Crippen LogP contribution in [0.2, 0.25) is 0 Å². The smallest absolute Gasteiger partial charge is 0.248 e. The van der Waals surface area contributed by atoms with Crippen molar-refractivity contribution in [2.45, 2.75) is 71.8 Å². The third-order valence-electron chi connectivity index (χ3n) is 5.34. The number of hydrogen-bond donors (Lipinski definition) is 1. The quantitative estimate of drug-likeness (QED) is 0.682. The van der Waals surface area contributed by atoms with Crippen LogP contribution in [0.4, 0.5) is 0 Å². The van der Waals surface area contributed by atoms with E-state index < -0.39 is 5.91 Å². The van der Waals surface area contributed by atoms with Gasteiger partial charge >= 0.3 is 0 Å². The topological polar surface area (TPSA) is 90.9 Å². The van der Waals surface area contributed by atoms with Crippen molar-refractivity contribution >= 4 is 11.7 Å². The third-order valence-corrected chi connectivity index (χ3v) is 5.34. The summed E-state index contributed by atoms with van der Waals surface area (Å²) in [4.78, 5) is 23.9. The molecule has 0 aliphatic heterocycles. The second kappa shape index (κ2) is 8.67. The molecule has 6 nitrogen and oxygen atoms in total. The first kappa shape index (κ1) is 20.2. The Kier molecular flexibility index (Phi) is 6.27. The van der Waals surface area contributed by atoms with Crippen molar-refractivity contribution in [1.82, 2.24) is 14.8 Å². The number of ketones is 1. The Hall–Kier alpha value is -2.50. The minimum atomic E-state index is -0.472. The lowest BCUT2D eigenvalue weighted by Crippen LogP contribution is -2.13. The van der Waals surface area contributed by atoms with Gasteiger partial charge in [-0.1, -0.05) is 19.9 Å². The number of primary amides is 1. The molecule has 3 rings (SSSR count). The van der Waals surface area contributed by atoms with Gasteiger partial charge in [-0.3, -0.25) is 9.59 Å². The van der Waals surface area contributed by atoms with Gasteiger partial charge in [-0.2, -0.15) is 0 Å². The second-order valence-electron chi connectivity index (χ2n) is 8.29. The van der Waals surface area contributed by atoms with E-state index in [1.54, 1.807) is 12.1 Å². The zero-order valence-electron chi connectivity index (χ0n) is 17.1. The molecule has 2 N–H and O–H groups in total. The Bertz CT molecular complexity index is 865. The fourth-order valence-electron chi connectivity index (χ4n) is 3.44. The van der Waals surface area contributed by atoms with Crippen molar-refractivity contribution in [3.05, 3.63) is 46.5 Å². The van der Waals surface area contributed by atoms with Crippen LogP contribution >= 0.6 is 0 Å². The van der Waals surface area contributed by atoms with Crippen molar-refractivity contribution in [1.29, 1.82) is 0 Å². The monoisotopic (exact) mass is 382 g/mol. The van der Waals surface area contributed by atoms with Gasteiger partial charge in [0.1, 0.15) is 17.4 Å². The maximum Gasteiger partial charge on any atom is 0.248 e. The molecule has 0 radical (unpaired) electrons. The molecule has 1 amide bonds. The molecule has 1 aromatic carbocycles. The van der Waals surface area contributed by atoms with Crippen molar-refractivity contribution in [2.75, 3.05) is 0 Å². The maximum atomic E-state index is 12.6. The number of nitrogens with two attached hydrogens (primary N) is 1. The molecule has 1 saturated carbocycles. The number of Topliss-reactive ketones (excluding diaryl/α,β-unsaturated/α-hetero) is 1. The lowest BCUT2D eigenvalue weighted by atomic mass is 9.98. The second-order valence-corrected chi connectivity index (χ2v) is 8.29. The van der Waals surface area contributed by atoms with Gasteiger partial charge in [0.15, 0.2) is 0 Å². The van der Waals surface area contributed by atoms with Crippen LogP contribution in [0, 0.1) is 12.8 Å². The first-order valence-electron chi connectivity index (χ1n) is 10.2. The highest BCUT2D eigenvalue weighted by Gasteiger charge is 2.29. The molecule has 0 bridgehead atoms. The summed E-state index contributed by atoms with van der Waals surface area (Å²) in [7, 11) is 0. The molecule has 1 aliphatic rings. The van der Waals surface area contributed by atoms with Crippen molar-refractivity contribution in [3.63, 3.8) is 0 Å².